The van der Waals surface area contributed by atoms with Gasteiger partial charge in [0.05, 0.1) is 10.7 Å². The summed E-state index contributed by atoms with van der Waals surface area (Å²) in [4.78, 5) is 8.67. The predicted octanol–water partition coefficient (Wildman–Crippen LogP) is 1.56. The van der Waals surface area contributed by atoms with E-state index in [1.807, 2.05) is 11.3 Å². The Balaban J connectivity index is 1.76. The fourth-order valence-corrected chi connectivity index (χ4v) is 3.62. The number of aromatic nitrogens is 1. The topological polar surface area (TPSA) is 28.2 Å². The molecule has 0 bridgehead atoms. The van der Waals surface area contributed by atoms with E-state index in [1.54, 1.807) is 0 Å². The molecule has 1 aromatic rings. The average Bonchev–Trinajstić information content (AvgIpc) is 2.78. The number of hydrogen-bond acceptors (Lipinski definition) is 4. The molecule has 4 heteroatoms. The number of fused-ring (bicyclic) bond motifs is 1. The van der Waals surface area contributed by atoms with Crippen LogP contribution in [0.25, 0.3) is 0 Å². The second kappa shape index (κ2) is 3.85. The lowest BCUT2D eigenvalue weighted by Crippen LogP contribution is -2.29. The molecule has 82 valence electrons. The number of nitrogens with zero attached hydrogens (tertiary/aromatic N) is 2. The van der Waals surface area contributed by atoms with Crippen molar-refractivity contribution in [1.82, 2.24) is 15.2 Å². The zero-order valence-corrected chi connectivity index (χ0v) is 9.94. The molecule has 1 fully saturated rings. The average molecular weight is 223 g/mol. The van der Waals surface area contributed by atoms with Gasteiger partial charge in [-0.1, -0.05) is 0 Å². The van der Waals surface area contributed by atoms with Crippen molar-refractivity contribution in [2.45, 2.75) is 31.8 Å². The molecular formula is C11H17N3S. The van der Waals surface area contributed by atoms with E-state index in [1.165, 1.54) is 41.5 Å². The van der Waals surface area contributed by atoms with Gasteiger partial charge in [-0.25, -0.2) is 4.98 Å². The Kier molecular flexibility index (Phi) is 2.50. The Morgan fingerprint density at radius 3 is 2.87 bits per heavy atom. The van der Waals surface area contributed by atoms with Gasteiger partial charge >= 0.3 is 0 Å². The fraction of sp³-hybridized carbons (Fsp3) is 0.727. The van der Waals surface area contributed by atoms with Crippen molar-refractivity contribution < 1.29 is 0 Å². The molecule has 1 N–H and O–H groups in total. The number of rotatable bonds is 1. The van der Waals surface area contributed by atoms with Crippen molar-refractivity contribution in [3.8, 4) is 0 Å². The monoisotopic (exact) mass is 223 g/mol. The maximum Gasteiger partial charge on any atom is 0.0964 e. The maximum atomic E-state index is 4.78. The van der Waals surface area contributed by atoms with E-state index in [0.29, 0.717) is 0 Å². The Bertz CT molecular complexity index is 331. The lowest BCUT2D eigenvalue weighted by atomic mass is 9.98. The van der Waals surface area contributed by atoms with Gasteiger partial charge in [0, 0.05) is 23.9 Å². The van der Waals surface area contributed by atoms with Gasteiger partial charge in [0.15, 0.2) is 0 Å². The molecule has 0 unspecified atom stereocenters. The summed E-state index contributed by atoms with van der Waals surface area (Å²) in [7, 11) is 2.21. The van der Waals surface area contributed by atoms with Crippen LogP contribution in [0.4, 0.5) is 0 Å². The highest BCUT2D eigenvalue weighted by atomic mass is 32.1. The summed E-state index contributed by atoms with van der Waals surface area (Å²) in [5.74, 6) is 0.733. The summed E-state index contributed by atoms with van der Waals surface area (Å²) in [5.41, 5.74) is 1.31. The number of likely N-dealkylation sites (tertiary alicyclic amines) is 1. The van der Waals surface area contributed by atoms with Crippen LogP contribution in [-0.2, 0) is 13.1 Å². The third kappa shape index (κ3) is 1.82. The second-order valence-electron chi connectivity index (χ2n) is 4.60. The summed E-state index contributed by atoms with van der Waals surface area (Å²) < 4.78 is 0. The van der Waals surface area contributed by atoms with Crippen LogP contribution in [0, 0.1) is 0 Å². The summed E-state index contributed by atoms with van der Waals surface area (Å²) in [6.45, 7) is 4.48. The van der Waals surface area contributed by atoms with Gasteiger partial charge in [-0.3, -0.25) is 0 Å². The van der Waals surface area contributed by atoms with Gasteiger partial charge in [-0.2, -0.15) is 0 Å². The molecule has 0 aromatic carbocycles. The largest absolute Gasteiger partial charge is 0.306 e. The summed E-state index contributed by atoms with van der Waals surface area (Å²) in [5, 5.41) is 4.74. The Labute approximate surface area is 94.5 Å². The lowest BCUT2D eigenvalue weighted by molar-refractivity contribution is 0.255. The number of nitrogens with one attached hydrogen (secondary N) is 1. The summed E-state index contributed by atoms with van der Waals surface area (Å²) >= 11 is 1.94. The highest BCUT2D eigenvalue weighted by Gasteiger charge is 2.24. The SMILES string of the molecule is CN1CCC(c2nc3c(s2)CNC3)CC1. The first-order chi connectivity index (χ1) is 7.33. The quantitative estimate of drug-likeness (QED) is 0.783. The van der Waals surface area contributed by atoms with E-state index in [2.05, 4.69) is 17.3 Å². The van der Waals surface area contributed by atoms with Crippen LogP contribution in [0.15, 0.2) is 0 Å². The molecule has 2 aliphatic rings. The fourth-order valence-electron chi connectivity index (χ4n) is 2.40. The van der Waals surface area contributed by atoms with Gasteiger partial charge in [0.25, 0.3) is 0 Å². The van der Waals surface area contributed by atoms with Gasteiger partial charge in [0.2, 0.25) is 0 Å². The molecule has 0 aliphatic carbocycles. The molecule has 0 saturated carbocycles. The Morgan fingerprint density at radius 2 is 2.13 bits per heavy atom. The minimum absolute atomic E-state index is 0.733. The van der Waals surface area contributed by atoms with Gasteiger partial charge in [-0.15, -0.1) is 11.3 Å². The second-order valence-corrected chi connectivity index (χ2v) is 5.72. The smallest absolute Gasteiger partial charge is 0.0964 e. The van der Waals surface area contributed by atoms with E-state index in [4.69, 9.17) is 4.98 Å². The van der Waals surface area contributed by atoms with Gasteiger partial charge < -0.3 is 10.2 Å². The van der Waals surface area contributed by atoms with E-state index in [-0.39, 0.29) is 0 Å². The molecular weight excluding hydrogens is 206 g/mol. The van der Waals surface area contributed by atoms with Crippen LogP contribution in [0.5, 0.6) is 0 Å². The maximum absolute atomic E-state index is 4.78. The van der Waals surface area contributed by atoms with E-state index >= 15 is 0 Å². The zero-order chi connectivity index (χ0) is 10.3. The summed E-state index contributed by atoms with van der Waals surface area (Å²) in [6.07, 6.45) is 2.58. The minimum Gasteiger partial charge on any atom is -0.306 e. The molecule has 1 aromatic heterocycles. The first-order valence-corrected chi connectivity index (χ1v) is 6.52. The molecule has 15 heavy (non-hydrogen) atoms. The summed E-state index contributed by atoms with van der Waals surface area (Å²) in [6, 6.07) is 0. The Morgan fingerprint density at radius 1 is 1.33 bits per heavy atom. The van der Waals surface area contributed by atoms with Crippen LogP contribution >= 0.6 is 11.3 Å². The van der Waals surface area contributed by atoms with Crippen LogP contribution in [-0.4, -0.2) is 30.0 Å². The van der Waals surface area contributed by atoms with Gasteiger partial charge in [0.1, 0.15) is 0 Å². The van der Waals surface area contributed by atoms with Crippen molar-refractivity contribution in [1.29, 1.82) is 0 Å². The number of thiazole rings is 1. The van der Waals surface area contributed by atoms with E-state index in [9.17, 15) is 0 Å². The molecule has 3 rings (SSSR count). The van der Waals surface area contributed by atoms with Crippen LogP contribution in [0.1, 0.15) is 34.3 Å². The molecule has 3 heterocycles. The zero-order valence-electron chi connectivity index (χ0n) is 9.12. The number of hydrogen-bond donors (Lipinski definition) is 1. The molecule has 0 spiro atoms. The highest BCUT2D eigenvalue weighted by molar-refractivity contribution is 7.11. The first-order valence-electron chi connectivity index (χ1n) is 5.70. The lowest BCUT2D eigenvalue weighted by Gasteiger charge is -2.27. The molecule has 3 nitrogen and oxygen atoms in total. The van der Waals surface area contributed by atoms with Crippen molar-refractivity contribution >= 4 is 11.3 Å². The van der Waals surface area contributed by atoms with Crippen molar-refractivity contribution in [2.24, 2.45) is 0 Å². The number of piperidine rings is 1. The molecule has 1 saturated heterocycles. The predicted molar refractivity (Wildman–Crippen MR) is 62.1 cm³/mol. The normalized spacial score (nSPS) is 23.3. The van der Waals surface area contributed by atoms with Crippen LogP contribution < -0.4 is 5.32 Å². The molecule has 2 aliphatic heterocycles. The molecule has 0 atom stereocenters. The van der Waals surface area contributed by atoms with Crippen LogP contribution in [0.3, 0.4) is 0 Å². The third-order valence-electron chi connectivity index (χ3n) is 3.44. The van der Waals surface area contributed by atoms with Crippen molar-refractivity contribution in [3.63, 3.8) is 0 Å². The Hall–Kier alpha value is -0.450. The van der Waals surface area contributed by atoms with Crippen molar-refractivity contribution in [3.05, 3.63) is 15.6 Å². The van der Waals surface area contributed by atoms with Gasteiger partial charge in [-0.05, 0) is 33.0 Å². The molecule has 0 radical (unpaired) electrons. The van der Waals surface area contributed by atoms with Crippen LogP contribution in [0.2, 0.25) is 0 Å². The molecule has 0 amide bonds. The van der Waals surface area contributed by atoms with E-state index < -0.39 is 0 Å². The minimum atomic E-state index is 0.733. The standard InChI is InChI=1S/C11H17N3S/c1-14-4-2-8(3-5-14)11-13-9-6-12-7-10(9)15-11/h8,12H,2-7H2,1H3. The third-order valence-corrected chi connectivity index (χ3v) is 4.70. The van der Waals surface area contributed by atoms with E-state index in [0.717, 1.165) is 19.0 Å². The van der Waals surface area contributed by atoms with Crippen molar-refractivity contribution in [2.75, 3.05) is 20.1 Å². The first kappa shape index (κ1) is 9.75. The highest BCUT2D eigenvalue weighted by Crippen LogP contribution is 2.33.